The molecule has 4 heteroatoms. The first-order chi connectivity index (χ1) is 6.15. The van der Waals surface area contributed by atoms with Crippen LogP contribution >= 0.6 is 12.6 Å². The maximum atomic E-state index is 10.5. The molecule has 3 N–H and O–H groups in total. The van der Waals surface area contributed by atoms with E-state index in [1.165, 1.54) is 5.41 Å². The molecule has 0 fully saturated rings. The van der Waals surface area contributed by atoms with E-state index in [9.17, 15) is 4.79 Å². The Kier molecular flexibility index (Phi) is 3.19. The van der Waals surface area contributed by atoms with Crippen LogP contribution in [0.15, 0.2) is 34.4 Å². The Hall–Kier alpha value is -1.16. The molecule has 0 aliphatic heterocycles. The van der Waals surface area contributed by atoms with Crippen molar-refractivity contribution in [3.8, 4) is 0 Å². The number of hydrogen-bond donors (Lipinski definition) is 3. The van der Waals surface area contributed by atoms with Crippen molar-refractivity contribution in [2.24, 2.45) is 5.73 Å². The average molecular weight is 197 g/mol. The number of carboxylic acids is 1. The van der Waals surface area contributed by atoms with Crippen molar-refractivity contribution in [2.45, 2.75) is 12.8 Å². The van der Waals surface area contributed by atoms with Gasteiger partial charge in [0.1, 0.15) is 0 Å². The molecule has 0 spiro atoms. The molecule has 0 aromatic heterocycles. The lowest BCUT2D eigenvalue weighted by atomic mass is 9.97. The standard InChI is InChI=1S/C9H11NO2S/c10-8(5-13)6-1-3-7(4-2-6)9(11)12/h1,3,5,13H,2,4,10H2,(H,11,12)/b8-5-. The first-order valence-electron chi connectivity index (χ1n) is 3.88. The van der Waals surface area contributed by atoms with Gasteiger partial charge in [0.2, 0.25) is 0 Å². The van der Waals surface area contributed by atoms with Crippen LogP contribution in [0, 0.1) is 0 Å². The zero-order chi connectivity index (χ0) is 9.84. The first-order valence-corrected chi connectivity index (χ1v) is 4.40. The van der Waals surface area contributed by atoms with Crippen molar-refractivity contribution in [2.75, 3.05) is 0 Å². The summed E-state index contributed by atoms with van der Waals surface area (Å²) in [5.41, 5.74) is 7.58. The Morgan fingerprint density at radius 3 is 2.38 bits per heavy atom. The minimum absolute atomic E-state index is 0.427. The summed E-state index contributed by atoms with van der Waals surface area (Å²) in [5, 5.41) is 10.2. The Morgan fingerprint density at radius 2 is 2.00 bits per heavy atom. The fraction of sp³-hybridized carbons (Fsp3) is 0.222. The second-order valence-electron chi connectivity index (χ2n) is 2.77. The van der Waals surface area contributed by atoms with Gasteiger partial charge in [-0.25, -0.2) is 4.79 Å². The van der Waals surface area contributed by atoms with Gasteiger partial charge < -0.3 is 10.8 Å². The number of carbonyl (C=O) groups is 1. The van der Waals surface area contributed by atoms with Gasteiger partial charge in [0, 0.05) is 11.3 Å². The SMILES string of the molecule is N/C(=C\S)C1=CC=C(C(=O)O)CC1. The van der Waals surface area contributed by atoms with E-state index in [1.807, 2.05) is 0 Å². The molecule has 1 rings (SSSR count). The second kappa shape index (κ2) is 4.18. The normalized spacial score (nSPS) is 17.8. The fourth-order valence-corrected chi connectivity index (χ4v) is 1.30. The van der Waals surface area contributed by atoms with Gasteiger partial charge in [0.05, 0.1) is 0 Å². The molecule has 0 heterocycles. The van der Waals surface area contributed by atoms with E-state index in [4.69, 9.17) is 10.8 Å². The van der Waals surface area contributed by atoms with Gasteiger partial charge >= 0.3 is 5.97 Å². The first kappa shape index (κ1) is 9.92. The van der Waals surface area contributed by atoms with Crippen molar-refractivity contribution < 1.29 is 9.90 Å². The van der Waals surface area contributed by atoms with Crippen LogP contribution in [-0.2, 0) is 4.79 Å². The predicted octanol–water partition coefficient (Wildman–Crippen LogP) is 1.45. The number of nitrogens with two attached hydrogens (primary N) is 1. The van der Waals surface area contributed by atoms with Crippen molar-refractivity contribution >= 4 is 18.6 Å². The zero-order valence-electron chi connectivity index (χ0n) is 7.03. The number of thiol groups is 1. The summed E-state index contributed by atoms with van der Waals surface area (Å²) < 4.78 is 0. The fourth-order valence-electron chi connectivity index (χ4n) is 1.14. The van der Waals surface area contributed by atoms with E-state index in [1.54, 1.807) is 12.2 Å². The van der Waals surface area contributed by atoms with Gasteiger partial charge in [-0.2, -0.15) is 0 Å². The third kappa shape index (κ3) is 2.39. The van der Waals surface area contributed by atoms with Gasteiger partial charge in [0.15, 0.2) is 0 Å². The number of rotatable bonds is 2. The van der Waals surface area contributed by atoms with Gasteiger partial charge in [-0.1, -0.05) is 12.2 Å². The minimum atomic E-state index is -0.858. The molecule has 1 aliphatic carbocycles. The average Bonchev–Trinajstić information content (AvgIpc) is 2.17. The van der Waals surface area contributed by atoms with Gasteiger partial charge in [-0.05, 0) is 23.8 Å². The molecule has 0 saturated carbocycles. The molecule has 1 aliphatic rings. The van der Waals surface area contributed by atoms with Crippen LogP contribution in [-0.4, -0.2) is 11.1 Å². The molecule has 0 bridgehead atoms. The molecule has 0 amide bonds. The molecule has 70 valence electrons. The lowest BCUT2D eigenvalue weighted by Gasteiger charge is -2.11. The third-order valence-corrected chi connectivity index (χ3v) is 2.21. The maximum absolute atomic E-state index is 10.5. The Labute approximate surface area is 82.0 Å². The number of allylic oxidation sites excluding steroid dienone is 3. The van der Waals surface area contributed by atoms with Crippen LogP contribution in [0.4, 0.5) is 0 Å². The molecule has 13 heavy (non-hydrogen) atoms. The van der Waals surface area contributed by atoms with Crippen LogP contribution in [0.3, 0.4) is 0 Å². The molecule has 0 unspecified atom stereocenters. The highest BCUT2D eigenvalue weighted by Crippen LogP contribution is 2.21. The van der Waals surface area contributed by atoms with Crippen molar-refractivity contribution in [1.82, 2.24) is 0 Å². The molecule has 0 aromatic carbocycles. The van der Waals surface area contributed by atoms with Gasteiger partial charge in [0.25, 0.3) is 0 Å². The highest BCUT2D eigenvalue weighted by atomic mass is 32.1. The van der Waals surface area contributed by atoms with Gasteiger partial charge in [-0.15, -0.1) is 12.6 Å². The quantitative estimate of drug-likeness (QED) is 0.587. The van der Waals surface area contributed by atoms with E-state index in [0.717, 1.165) is 5.57 Å². The number of carboxylic acid groups (broad SMARTS) is 1. The number of hydrogen-bond acceptors (Lipinski definition) is 3. The van der Waals surface area contributed by atoms with Crippen LogP contribution in [0.25, 0.3) is 0 Å². The summed E-state index contributed by atoms with van der Waals surface area (Å²) in [7, 11) is 0. The predicted molar refractivity (Wildman–Crippen MR) is 54.3 cm³/mol. The Bertz CT molecular complexity index is 316. The maximum Gasteiger partial charge on any atom is 0.331 e. The smallest absolute Gasteiger partial charge is 0.331 e. The number of aliphatic carboxylic acids is 1. The monoisotopic (exact) mass is 197 g/mol. The molecule has 0 radical (unpaired) electrons. The van der Waals surface area contributed by atoms with Gasteiger partial charge in [-0.3, -0.25) is 0 Å². The summed E-state index contributed by atoms with van der Waals surface area (Å²) in [6, 6.07) is 0. The highest BCUT2D eigenvalue weighted by Gasteiger charge is 2.12. The van der Waals surface area contributed by atoms with Crippen LogP contribution in [0.1, 0.15) is 12.8 Å². The minimum Gasteiger partial charge on any atom is -0.478 e. The molecular formula is C9H11NO2S. The van der Waals surface area contributed by atoms with E-state index in [0.29, 0.717) is 24.1 Å². The van der Waals surface area contributed by atoms with E-state index in [-0.39, 0.29) is 0 Å². The van der Waals surface area contributed by atoms with Crippen LogP contribution in [0.2, 0.25) is 0 Å². The summed E-state index contributed by atoms with van der Waals surface area (Å²) in [6.45, 7) is 0. The summed E-state index contributed by atoms with van der Waals surface area (Å²) in [5.74, 6) is -0.858. The van der Waals surface area contributed by atoms with Crippen molar-refractivity contribution in [3.05, 3.63) is 34.4 Å². The summed E-state index contributed by atoms with van der Waals surface area (Å²) in [4.78, 5) is 10.5. The highest BCUT2D eigenvalue weighted by molar-refractivity contribution is 7.83. The van der Waals surface area contributed by atoms with Crippen LogP contribution in [0.5, 0.6) is 0 Å². The molecule has 0 aromatic rings. The van der Waals surface area contributed by atoms with E-state index in [2.05, 4.69) is 12.6 Å². The van der Waals surface area contributed by atoms with Crippen molar-refractivity contribution in [1.29, 1.82) is 0 Å². The Balaban J connectivity index is 2.82. The lowest BCUT2D eigenvalue weighted by molar-refractivity contribution is -0.132. The summed E-state index contributed by atoms with van der Waals surface area (Å²) in [6.07, 6.45) is 4.52. The molecule has 3 nitrogen and oxygen atoms in total. The molecule has 0 atom stereocenters. The summed E-state index contributed by atoms with van der Waals surface area (Å²) >= 11 is 3.92. The van der Waals surface area contributed by atoms with E-state index < -0.39 is 5.97 Å². The van der Waals surface area contributed by atoms with E-state index >= 15 is 0 Å². The largest absolute Gasteiger partial charge is 0.478 e. The lowest BCUT2D eigenvalue weighted by Crippen LogP contribution is -2.07. The molecule has 0 saturated heterocycles. The zero-order valence-corrected chi connectivity index (χ0v) is 7.92. The van der Waals surface area contributed by atoms with Crippen molar-refractivity contribution in [3.63, 3.8) is 0 Å². The molecular weight excluding hydrogens is 186 g/mol. The van der Waals surface area contributed by atoms with Crippen LogP contribution < -0.4 is 5.73 Å². The second-order valence-corrected chi connectivity index (χ2v) is 3.03. The Morgan fingerprint density at radius 1 is 1.46 bits per heavy atom. The topological polar surface area (TPSA) is 63.3 Å². The third-order valence-electron chi connectivity index (χ3n) is 1.93.